The van der Waals surface area contributed by atoms with Crippen molar-refractivity contribution in [1.82, 2.24) is 19.9 Å². The first kappa shape index (κ1) is 28.7. The number of rotatable bonds is 8. The largest absolute Gasteiger partial charge is 0.360 e. The summed E-state index contributed by atoms with van der Waals surface area (Å²) >= 11 is 7.48. The van der Waals surface area contributed by atoms with E-state index in [4.69, 9.17) is 16.1 Å². The van der Waals surface area contributed by atoms with Gasteiger partial charge in [-0.1, -0.05) is 59.2 Å². The maximum Gasteiger partial charge on any atom is 0.273 e. The molecule has 0 N–H and O–H groups in total. The molecule has 1 aliphatic rings. The van der Waals surface area contributed by atoms with Gasteiger partial charge in [0.1, 0.15) is 22.7 Å². The van der Waals surface area contributed by atoms with E-state index in [1.807, 2.05) is 42.2 Å². The number of carbonyl (C=O) groups is 3. The van der Waals surface area contributed by atoms with E-state index >= 15 is 0 Å². The Kier molecular flexibility index (Phi) is 8.65. The molecule has 0 spiro atoms. The van der Waals surface area contributed by atoms with Crippen molar-refractivity contribution < 1.29 is 18.9 Å². The highest BCUT2D eigenvalue weighted by atomic mass is 35.5. The van der Waals surface area contributed by atoms with Crippen molar-refractivity contribution in [3.63, 3.8) is 0 Å². The number of carbonyl (C=O) groups excluding carboxylic acids is 3. The number of thiazole rings is 1. The Morgan fingerprint density at radius 1 is 1.10 bits per heavy atom. The highest BCUT2D eigenvalue weighted by Gasteiger charge is 2.32. The maximum absolute atomic E-state index is 13.5. The van der Waals surface area contributed by atoms with E-state index < -0.39 is 6.04 Å². The van der Waals surface area contributed by atoms with E-state index in [0.717, 1.165) is 23.4 Å². The molecule has 0 aliphatic carbocycles. The topological polar surface area (TPSA) is 96.6 Å². The smallest absolute Gasteiger partial charge is 0.273 e. The summed E-state index contributed by atoms with van der Waals surface area (Å²) in [4.78, 5) is 47.9. The predicted octanol–water partition coefficient (Wildman–Crippen LogP) is 6.51. The van der Waals surface area contributed by atoms with Gasteiger partial charge in [-0.25, -0.2) is 4.98 Å². The van der Waals surface area contributed by atoms with Crippen molar-refractivity contribution in [3.8, 4) is 11.3 Å². The van der Waals surface area contributed by atoms with E-state index in [1.54, 1.807) is 48.4 Å². The molecule has 1 fully saturated rings. The van der Waals surface area contributed by atoms with Crippen LogP contribution >= 0.6 is 22.9 Å². The Morgan fingerprint density at radius 3 is 2.44 bits per heavy atom. The zero-order chi connectivity index (χ0) is 29.1. The van der Waals surface area contributed by atoms with Crippen LogP contribution in [0.1, 0.15) is 74.6 Å². The van der Waals surface area contributed by atoms with Crippen molar-refractivity contribution in [2.24, 2.45) is 0 Å². The average molecular weight is 591 g/mol. The van der Waals surface area contributed by atoms with Crippen LogP contribution in [0.5, 0.6) is 0 Å². The van der Waals surface area contributed by atoms with Crippen LogP contribution in [0.25, 0.3) is 11.3 Å². The van der Waals surface area contributed by atoms with Gasteiger partial charge in [0.15, 0.2) is 5.78 Å². The quantitative estimate of drug-likeness (QED) is 0.217. The minimum atomic E-state index is -0.604. The first-order valence-corrected chi connectivity index (χ1v) is 14.9. The van der Waals surface area contributed by atoms with Gasteiger partial charge >= 0.3 is 0 Å². The number of Topliss-reactive ketones (excluding diaryl/α,β-unsaturated/α-hetero) is 1. The molecule has 1 saturated heterocycles. The van der Waals surface area contributed by atoms with E-state index in [0.29, 0.717) is 52.9 Å². The minimum Gasteiger partial charge on any atom is -0.360 e. The van der Waals surface area contributed by atoms with Crippen LogP contribution in [0.4, 0.5) is 0 Å². The molecule has 0 saturated carbocycles. The number of benzene rings is 2. The molecule has 0 bridgehead atoms. The molecule has 41 heavy (non-hydrogen) atoms. The SMILES string of the molecule is CCN(C(=O)c1csc(C2CCN(C(=O)c3c(-c4ccc(Cl)cc4)noc3C)CC2)n1)C(C)C(=O)c1ccccc1. The highest BCUT2D eigenvalue weighted by Crippen LogP contribution is 2.33. The summed E-state index contributed by atoms with van der Waals surface area (Å²) in [6.07, 6.45) is 1.46. The fourth-order valence-electron chi connectivity index (χ4n) is 5.22. The number of ketones is 1. The first-order chi connectivity index (χ1) is 19.8. The Bertz CT molecular complexity index is 1540. The molecule has 4 aromatic rings. The lowest BCUT2D eigenvalue weighted by Gasteiger charge is -2.31. The molecule has 10 heteroatoms. The summed E-state index contributed by atoms with van der Waals surface area (Å²) in [6.45, 7) is 6.87. The average Bonchev–Trinajstić information content (AvgIpc) is 3.65. The van der Waals surface area contributed by atoms with E-state index in [-0.39, 0.29) is 23.5 Å². The Balaban J connectivity index is 1.24. The van der Waals surface area contributed by atoms with E-state index in [2.05, 4.69) is 10.1 Å². The molecular weight excluding hydrogens is 560 g/mol. The van der Waals surface area contributed by atoms with Crippen LogP contribution in [-0.2, 0) is 0 Å². The third-order valence-corrected chi connectivity index (χ3v) is 8.83. The van der Waals surface area contributed by atoms with Crippen molar-refractivity contribution in [2.75, 3.05) is 19.6 Å². The zero-order valence-corrected chi connectivity index (χ0v) is 24.7. The van der Waals surface area contributed by atoms with Gasteiger partial charge in [0.25, 0.3) is 11.8 Å². The number of piperidine rings is 1. The van der Waals surface area contributed by atoms with Gasteiger partial charge < -0.3 is 14.3 Å². The second kappa shape index (κ2) is 12.4. The van der Waals surface area contributed by atoms with Gasteiger partial charge in [-0.2, -0.15) is 0 Å². The van der Waals surface area contributed by atoms with Gasteiger partial charge in [-0.05, 0) is 45.7 Å². The highest BCUT2D eigenvalue weighted by molar-refractivity contribution is 7.09. The maximum atomic E-state index is 13.5. The Labute approximate surface area is 247 Å². The Morgan fingerprint density at radius 2 is 1.78 bits per heavy atom. The zero-order valence-electron chi connectivity index (χ0n) is 23.2. The number of aromatic nitrogens is 2. The molecule has 2 amide bonds. The molecule has 0 radical (unpaired) electrons. The number of likely N-dealkylation sites (tertiary alicyclic amines) is 1. The molecular formula is C31H31ClN4O4S. The van der Waals surface area contributed by atoms with Crippen molar-refractivity contribution >= 4 is 40.5 Å². The predicted molar refractivity (Wildman–Crippen MR) is 159 cm³/mol. The summed E-state index contributed by atoms with van der Waals surface area (Å²) < 4.78 is 5.40. The number of aryl methyl sites for hydroxylation is 1. The third kappa shape index (κ3) is 5.96. The molecule has 1 atom stereocenters. The fraction of sp³-hybridized carbons (Fsp3) is 0.323. The molecule has 2 aromatic heterocycles. The van der Waals surface area contributed by atoms with E-state index in [1.165, 1.54) is 11.3 Å². The lowest BCUT2D eigenvalue weighted by Crippen LogP contribution is -2.43. The Hall–Kier alpha value is -3.82. The van der Waals surface area contributed by atoms with Gasteiger partial charge in [-0.15, -0.1) is 11.3 Å². The fourth-order valence-corrected chi connectivity index (χ4v) is 6.31. The standard InChI is InChI=1S/C31H31ClN4O4S/c1-4-36(19(2)28(37)22-8-6-5-7-9-22)30(38)25-18-41-29(33-25)23-14-16-35(17-15-23)31(39)26-20(3)40-34-27(26)21-10-12-24(32)13-11-21/h5-13,18-19,23H,4,14-17H2,1-3H3. The summed E-state index contributed by atoms with van der Waals surface area (Å²) in [5.41, 5.74) is 2.67. The third-order valence-electron chi connectivity index (χ3n) is 7.57. The number of halogens is 1. The number of hydrogen-bond donors (Lipinski definition) is 0. The molecule has 1 aliphatic heterocycles. The van der Waals surface area contributed by atoms with Crippen molar-refractivity contribution in [2.45, 2.75) is 45.6 Å². The van der Waals surface area contributed by atoms with Crippen LogP contribution in [-0.4, -0.2) is 63.2 Å². The molecule has 2 aromatic carbocycles. The molecule has 1 unspecified atom stereocenters. The van der Waals surface area contributed by atoms with Gasteiger partial charge in [-0.3, -0.25) is 14.4 Å². The summed E-state index contributed by atoms with van der Waals surface area (Å²) in [7, 11) is 0. The van der Waals surface area contributed by atoms with Crippen LogP contribution in [0.2, 0.25) is 5.02 Å². The summed E-state index contributed by atoms with van der Waals surface area (Å²) in [5, 5.41) is 7.40. The first-order valence-electron chi connectivity index (χ1n) is 13.7. The van der Waals surface area contributed by atoms with Crippen LogP contribution < -0.4 is 0 Å². The monoisotopic (exact) mass is 590 g/mol. The lowest BCUT2D eigenvalue weighted by molar-refractivity contribution is 0.0633. The number of likely N-dealkylation sites (N-methyl/N-ethyl adjacent to an activating group) is 1. The lowest BCUT2D eigenvalue weighted by atomic mass is 9.96. The number of nitrogens with zero attached hydrogens (tertiary/aromatic N) is 4. The van der Waals surface area contributed by atoms with Crippen LogP contribution in [0.15, 0.2) is 64.5 Å². The van der Waals surface area contributed by atoms with Crippen molar-refractivity contribution in [1.29, 1.82) is 0 Å². The van der Waals surface area contributed by atoms with Crippen LogP contribution in [0, 0.1) is 6.92 Å². The normalized spacial score (nSPS) is 14.6. The second-order valence-electron chi connectivity index (χ2n) is 10.1. The second-order valence-corrected chi connectivity index (χ2v) is 11.4. The summed E-state index contributed by atoms with van der Waals surface area (Å²) in [6, 6.07) is 15.6. The van der Waals surface area contributed by atoms with Gasteiger partial charge in [0.2, 0.25) is 0 Å². The van der Waals surface area contributed by atoms with Crippen LogP contribution in [0.3, 0.4) is 0 Å². The molecule has 5 rings (SSSR count). The van der Waals surface area contributed by atoms with E-state index in [9.17, 15) is 14.4 Å². The minimum absolute atomic E-state index is 0.101. The molecule has 8 nitrogen and oxygen atoms in total. The molecule has 212 valence electrons. The van der Waals surface area contributed by atoms with Crippen molar-refractivity contribution in [3.05, 3.63) is 92.6 Å². The molecule has 3 heterocycles. The van der Waals surface area contributed by atoms with Gasteiger partial charge in [0, 0.05) is 47.1 Å². The number of hydrogen-bond acceptors (Lipinski definition) is 7. The van der Waals surface area contributed by atoms with Gasteiger partial charge in [0.05, 0.1) is 11.0 Å². The summed E-state index contributed by atoms with van der Waals surface area (Å²) in [5.74, 6) is 0.152. The number of amides is 2.